The van der Waals surface area contributed by atoms with Crippen molar-refractivity contribution in [2.45, 2.75) is 25.8 Å². The summed E-state index contributed by atoms with van der Waals surface area (Å²) in [7, 11) is 0. The standard InChI is InChI=1S/C16H25ClN2O2/c1-3-19-7-8-21-15(12-19)11-18-14-5-6-16(20-4-2)13(9-14)10-17/h5-6,9,15,18H,3-4,7-8,10-12H2,1-2H3. The molecule has 1 aromatic rings. The topological polar surface area (TPSA) is 33.7 Å². The summed E-state index contributed by atoms with van der Waals surface area (Å²) in [6, 6.07) is 6.06. The van der Waals surface area contributed by atoms with Gasteiger partial charge in [0.2, 0.25) is 0 Å². The number of halogens is 1. The van der Waals surface area contributed by atoms with Crippen LogP contribution in [0.1, 0.15) is 19.4 Å². The fourth-order valence-corrected chi connectivity index (χ4v) is 2.72. The average Bonchev–Trinajstić information content (AvgIpc) is 2.54. The van der Waals surface area contributed by atoms with E-state index in [9.17, 15) is 0 Å². The maximum absolute atomic E-state index is 5.99. The Balaban J connectivity index is 1.90. The highest BCUT2D eigenvalue weighted by Gasteiger charge is 2.18. The molecule has 1 aromatic carbocycles. The summed E-state index contributed by atoms with van der Waals surface area (Å²) in [5, 5.41) is 3.44. The number of morpholine rings is 1. The molecule has 1 fully saturated rings. The molecular formula is C16H25ClN2O2. The number of alkyl halides is 1. The Morgan fingerprint density at radius 1 is 1.43 bits per heavy atom. The summed E-state index contributed by atoms with van der Waals surface area (Å²) in [4.78, 5) is 2.41. The molecule has 4 nitrogen and oxygen atoms in total. The first-order chi connectivity index (χ1) is 10.3. The van der Waals surface area contributed by atoms with Crippen molar-refractivity contribution in [2.75, 3.05) is 44.7 Å². The Hall–Kier alpha value is -0.970. The van der Waals surface area contributed by atoms with E-state index in [1.165, 1.54) is 0 Å². The number of likely N-dealkylation sites (N-methyl/N-ethyl adjacent to an activating group) is 1. The summed E-state index contributed by atoms with van der Waals surface area (Å²) < 4.78 is 11.4. The minimum atomic E-state index is 0.240. The lowest BCUT2D eigenvalue weighted by Crippen LogP contribution is -2.45. The highest BCUT2D eigenvalue weighted by Crippen LogP contribution is 2.24. The van der Waals surface area contributed by atoms with Gasteiger partial charge in [0.15, 0.2) is 0 Å². The number of hydrogen-bond donors (Lipinski definition) is 1. The van der Waals surface area contributed by atoms with E-state index in [2.05, 4.69) is 23.2 Å². The highest BCUT2D eigenvalue weighted by molar-refractivity contribution is 6.17. The molecule has 2 rings (SSSR count). The van der Waals surface area contributed by atoms with Gasteiger partial charge in [0, 0.05) is 30.9 Å². The molecule has 1 N–H and O–H groups in total. The lowest BCUT2D eigenvalue weighted by Gasteiger charge is -2.32. The van der Waals surface area contributed by atoms with E-state index < -0.39 is 0 Å². The molecule has 1 atom stereocenters. The third-order valence-electron chi connectivity index (χ3n) is 3.71. The molecule has 1 saturated heterocycles. The molecule has 0 saturated carbocycles. The van der Waals surface area contributed by atoms with E-state index in [4.69, 9.17) is 21.1 Å². The van der Waals surface area contributed by atoms with Crippen LogP contribution in [0.5, 0.6) is 5.75 Å². The number of nitrogens with one attached hydrogen (secondary N) is 1. The number of rotatable bonds is 7. The molecule has 21 heavy (non-hydrogen) atoms. The lowest BCUT2D eigenvalue weighted by molar-refractivity contribution is -0.0191. The van der Waals surface area contributed by atoms with Crippen LogP contribution in [0.25, 0.3) is 0 Å². The Labute approximate surface area is 132 Å². The van der Waals surface area contributed by atoms with Crippen LogP contribution < -0.4 is 10.1 Å². The Kier molecular flexibility index (Phi) is 6.61. The molecule has 1 unspecified atom stereocenters. The van der Waals surface area contributed by atoms with Crippen LogP contribution in [0.3, 0.4) is 0 Å². The molecule has 1 aliphatic rings. The first-order valence-electron chi connectivity index (χ1n) is 7.66. The average molecular weight is 313 g/mol. The number of ether oxygens (including phenoxy) is 2. The van der Waals surface area contributed by atoms with E-state index in [0.717, 1.165) is 49.8 Å². The van der Waals surface area contributed by atoms with E-state index in [1.54, 1.807) is 0 Å². The molecular weight excluding hydrogens is 288 g/mol. The molecule has 0 spiro atoms. The maximum Gasteiger partial charge on any atom is 0.123 e. The Morgan fingerprint density at radius 3 is 3.00 bits per heavy atom. The van der Waals surface area contributed by atoms with Gasteiger partial charge in [-0.3, -0.25) is 4.90 Å². The summed E-state index contributed by atoms with van der Waals surface area (Å²) >= 11 is 5.99. The van der Waals surface area contributed by atoms with E-state index in [-0.39, 0.29) is 6.10 Å². The van der Waals surface area contributed by atoms with Gasteiger partial charge in [0.25, 0.3) is 0 Å². The zero-order valence-electron chi connectivity index (χ0n) is 12.9. The Bertz CT molecular complexity index is 442. The predicted octanol–water partition coefficient (Wildman–Crippen LogP) is 2.96. The van der Waals surface area contributed by atoms with Gasteiger partial charge < -0.3 is 14.8 Å². The van der Waals surface area contributed by atoms with Crippen LogP contribution in [-0.2, 0) is 10.6 Å². The highest BCUT2D eigenvalue weighted by atomic mass is 35.5. The van der Waals surface area contributed by atoms with Gasteiger partial charge in [-0.05, 0) is 31.7 Å². The third-order valence-corrected chi connectivity index (χ3v) is 4.00. The monoisotopic (exact) mass is 312 g/mol. The number of nitrogens with zero attached hydrogens (tertiary/aromatic N) is 1. The number of anilines is 1. The predicted molar refractivity (Wildman–Crippen MR) is 87.5 cm³/mol. The fraction of sp³-hybridized carbons (Fsp3) is 0.625. The second kappa shape index (κ2) is 8.47. The summed E-state index contributed by atoms with van der Waals surface area (Å²) in [6.45, 7) is 9.55. The van der Waals surface area contributed by atoms with E-state index in [0.29, 0.717) is 12.5 Å². The summed E-state index contributed by atoms with van der Waals surface area (Å²) in [6.07, 6.45) is 0.240. The van der Waals surface area contributed by atoms with Crippen molar-refractivity contribution in [3.05, 3.63) is 23.8 Å². The second-order valence-corrected chi connectivity index (χ2v) is 5.42. The maximum atomic E-state index is 5.99. The van der Waals surface area contributed by atoms with Gasteiger partial charge in [-0.25, -0.2) is 0 Å². The minimum Gasteiger partial charge on any atom is -0.494 e. The SMILES string of the molecule is CCOc1ccc(NCC2CN(CC)CCO2)cc1CCl. The zero-order chi connectivity index (χ0) is 15.1. The van der Waals surface area contributed by atoms with E-state index in [1.807, 2.05) is 19.1 Å². The molecule has 0 radical (unpaired) electrons. The molecule has 1 aliphatic heterocycles. The third kappa shape index (κ3) is 4.77. The van der Waals surface area contributed by atoms with Crippen molar-refractivity contribution in [1.29, 1.82) is 0 Å². The van der Waals surface area contributed by atoms with Crippen LogP contribution in [-0.4, -0.2) is 50.4 Å². The lowest BCUT2D eigenvalue weighted by atomic mass is 10.2. The van der Waals surface area contributed by atoms with Gasteiger partial charge >= 0.3 is 0 Å². The summed E-state index contributed by atoms with van der Waals surface area (Å²) in [5.74, 6) is 1.32. The van der Waals surface area contributed by atoms with Crippen molar-refractivity contribution in [1.82, 2.24) is 4.90 Å². The van der Waals surface area contributed by atoms with Gasteiger partial charge in [0.1, 0.15) is 5.75 Å². The van der Waals surface area contributed by atoms with Crippen LogP contribution >= 0.6 is 11.6 Å². The van der Waals surface area contributed by atoms with Crippen molar-refractivity contribution < 1.29 is 9.47 Å². The van der Waals surface area contributed by atoms with Crippen molar-refractivity contribution in [3.8, 4) is 5.75 Å². The minimum absolute atomic E-state index is 0.240. The van der Waals surface area contributed by atoms with Crippen molar-refractivity contribution in [2.24, 2.45) is 0 Å². The molecule has 118 valence electrons. The van der Waals surface area contributed by atoms with Crippen LogP contribution in [0.4, 0.5) is 5.69 Å². The van der Waals surface area contributed by atoms with Gasteiger partial charge in [-0.1, -0.05) is 6.92 Å². The molecule has 0 aromatic heterocycles. The number of hydrogen-bond acceptors (Lipinski definition) is 4. The van der Waals surface area contributed by atoms with Gasteiger partial charge in [-0.15, -0.1) is 11.6 Å². The smallest absolute Gasteiger partial charge is 0.123 e. The van der Waals surface area contributed by atoms with Crippen LogP contribution in [0.2, 0.25) is 0 Å². The molecule has 5 heteroatoms. The zero-order valence-corrected chi connectivity index (χ0v) is 13.7. The normalized spacial score (nSPS) is 19.5. The van der Waals surface area contributed by atoms with Crippen molar-refractivity contribution >= 4 is 17.3 Å². The van der Waals surface area contributed by atoms with Crippen molar-refractivity contribution in [3.63, 3.8) is 0 Å². The first-order valence-corrected chi connectivity index (χ1v) is 8.19. The Morgan fingerprint density at radius 2 is 2.29 bits per heavy atom. The molecule has 0 aliphatic carbocycles. The second-order valence-electron chi connectivity index (χ2n) is 5.16. The summed E-state index contributed by atoms with van der Waals surface area (Å²) in [5.41, 5.74) is 2.08. The first kappa shape index (κ1) is 16.4. The molecule has 0 amide bonds. The fourth-order valence-electron chi connectivity index (χ4n) is 2.51. The largest absolute Gasteiger partial charge is 0.494 e. The van der Waals surface area contributed by atoms with E-state index >= 15 is 0 Å². The van der Waals surface area contributed by atoms with Gasteiger partial charge in [0.05, 0.1) is 25.2 Å². The quantitative estimate of drug-likeness (QED) is 0.785. The van der Waals surface area contributed by atoms with Gasteiger partial charge in [-0.2, -0.15) is 0 Å². The molecule has 1 heterocycles. The van der Waals surface area contributed by atoms with Crippen LogP contribution in [0, 0.1) is 0 Å². The molecule has 0 bridgehead atoms. The van der Waals surface area contributed by atoms with Crippen LogP contribution in [0.15, 0.2) is 18.2 Å². The number of benzene rings is 1.